The predicted molar refractivity (Wildman–Crippen MR) is 93.2 cm³/mol. The highest BCUT2D eigenvalue weighted by Gasteiger charge is 2.27. The van der Waals surface area contributed by atoms with Gasteiger partial charge in [0.05, 0.1) is 0 Å². The zero-order valence-electron chi connectivity index (χ0n) is 13.8. The van der Waals surface area contributed by atoms with Crippen molar-refractivity contribution in [2.45, 2.75) is 51.1 Å². The monoisotopic (exact) mass is 310 g/mol. The Morgan fingerprint density at radius 1 is 1.13 bits per heavy atom. The molecule has 3 atom stereocenters. The molecule has 0 aliphatic heterocycles. The van der Waals surface area contributed by atoms with Crippen LogP contribution in [0.4, 0.5) is 0 Å². The van der Waals surface area contributed by atoms with E-state index in [0.29, 0.717) is 12.0 Å². The normalized spacial score (nSPS) is 22.5. The molecule has 1 saturated carbocycles. The maximum atomic E-state index is 12.9. The van der Waals surface area contributed by atoms with Crippen molar-refractivity contribution in [3.63, 3.8) is 0 Å². The Bertz CT molecular complexity index is 606. The van der Waals surface area contributed by atoms with Gasteiger partial charge in [-0.15, -0.1) is 0 Å². The van der Waals surface area contributed by atoms with E-state index in [1.165, 1.54) is 24.8 Å². The summed E-state index contributed by atoms with van der Waals surface area (Å²) >= 11 is 0. The highest BCUT2D eigenvalue weighted by molar-refractivity contribution is 5.81. The first-order valence-corrected chi connectivity index (χ1v) is 8.71. The van der Waals surface area contributed by atoms with Gasteiger partial charge < -0.3 is 9.88 Å². The molecule has 1 amide bonds. The van der Waals surface area contributed by atoms with Gasteiger partial charge in [0, 0.05) is 24.9 Å². The molecule has 0 bridgehead atoms. The van der Waals surface area contributed by atoms with Gasteiger partial charge in [-0.2, -0.15) is 0 Å². The molecule has 0 saturated heterocycles. The Morgan fingerprint density at radius 2 is 1.83 bits per heavy atom. The standard InChI is InChI=1S/C20H26N2O/c1-16-9-5-6-12-18(16)21-20(23)19(22-13-7-8-14-22)15-17-10-3-2-4-11-17/h2-4,7-8,10-11,13-14,16,18-19H,5-6,9,12,15H2,1H3,(H,21,23). The van der Waals surface area contributed by atoms with Crippen LogP contribution in [0.2, 0.25) is 0 Å². The van der Waals surface area contributed by atoms with Crippen molar-refractivity contribution in [3.8, 4) is 0 Å². The Balaban J connectivity index is 1.73. The zero-order chi connectivity index (χ0) is 16.1. The molecule has 1 aliphatic rings. The Kier molecular flexibility index (Phi) is 5.16. The summed E-state index contributed by atoms with van der Waals surface area (Å²) in [6.07, 6.45) is 9.53. The molecule has 1 N–H and O–H groups in total. The third kappa shape index (κ3) is 4.04. The maximum Gasteiger partial charge on any atom is 0.243 e. The van der Waals surface area contributed by atoms with Crippen LogP contribution in [0.1, 0.15) is 44.2 Å². The van der Waals surface area contributed by atoms with E-state index in [1.54, 1.807) is 0 Å². The number of nitrogens with one attached hydrogen (secondary N) is 1. The summed E-state index contributed by atoms with van der Waals surface area (Å²) in [4.78, 5) is 12.9. The Labute approximate surface area is 138 Å². The lowest BCUT2D eigenvalue weighted by Crippen LogP contribution is -2.44. The van der Waals surface area contributed by atoms with Crippen molar-refractivity contribution >= 4 is 5.91 Å². The second-order valence-corrected chi connectivity index (χ2v) is 6.71. The molecule has 1 aromatic carbocycles. The second kappa shape index (κ2) is 7.49. The fraction of sp³-hybridized carbons (Fsp3) is 0.450. The topological polar surface area (TPSA) is 34.0 Å². The van der Waals surface area contributed by atoms with Gasteiger partial charge in [-0.05, 0) is 36.5 Å². The third-order valence-electron chi connectivity index (χ3n) is 5.00. The number of nitrogens with zero attached hydrogens (tertiary/aromatic N) is 1. The highest BCUT2D eigenvalue weighted by atomic mass is 16.2. The van der Waals surface area contributed by atoms with Crippen molar-refractivity contribution in [3.05, 3.63) is 60.4 Å². The molecule has 3 heteroatoms. The van der Waals surface area contributed by atoms with Gasteiger partial charge in [0.2, 0.25) is 5.91 Å². The predicted octanol–water partition coefficient (Wildman–Crippen LogP) is 3.97. The van der Waals surface area contributed by atoms with Crippen LogP contribution in [0.5, 0.6) is 0 Å². The molecule has 1 heterocycles. The quantitative estimate of drug-likeness (QED) is 0.891. The fourth-order valence-corrected chi connectivity index (χ4v) is 3.54. The van der Waals surface area contributed by atoms with Gasteiger partial charge in [-0.25, -0.2) is 0 Å². The molecule has 0 spiro atoms. The highest BCUT2D eigenvalue weighted by Crippen LogP contribution is 2.25. The lowest BCUT2D eigenvalue weighted by molar-refractivity contribution is -0.125. The number of amides is 1. The minimum Gasteiger partial charge on any atom is -0.351 e. The summed E-state index contributed by atoms with van der Waals surface area (Å²) < 4.78 is 2.02. The lowest BCUT2D eigenvalue weighted by Gasteiger charge is -2.31. The van der Waals surface area contributed by atoms with Gasteiger partial charge in [-0.1, -0.05) is 50.1 Å². The number of carbonyl (C=O) groups is 1. The minimum absolute atomic E-state index is 0.142. The van der Waals surface area contributed by atoms with Crippen LogP contribution >= 0.6 is 0 Å². The van der Waals surface area contributed by atoms with Gasteiger partial charge in [0.25, 0.3) is 0 Å². The molecule has 1 aromatic heterocycles. The Morgan fingerprint density at radius 3 is 2.52 bits per heavy atom. The van der Waals surface area contributed by atoms with E-state index >= 15 is 0 Å². The minimum atomic E-state index is -0.179. The summed E-state index contributed by atoms with van der Waals surface area (Å²) in [5.41, 5.74) is 1.19. The fourth-order valence-electron chi connectivity index (χ4n) is 3.54. The zero-order valence-corrected chi connectivity index (χ0v) is 13.8. The van der Waals surface area contributed by atoms with Crippen molar-refractivity contribution in [2.75, 3.05) is 0 Å². The molecule has 2 aromatic rings. The smallest absolute Gasteiger partial charge is 0.243 e. The van der Waals surface area contributed by atoms with Crippen LogP contribution in [0.3, 0.4) is 0 Å². The summed E-state index contributed by atoms with van der Waals surface area (Å²) in [6.45, 7) is 2.26. The maximum absolute atomic E-state index is 12.9. The Hall–Kier alpha value is -2.03. The first-order valence-electron chi connectivity index (χ1n) is 8.71. The average Bonchev–Trinajstić information content (AvgIpc) is 3.10. The molecule has 1 aliphatic carbocycles. The molecule has 122 valence electrons. The van der Waals surface area contributed by atoms with Crippen LogP contribution in [0, 0.1) is 5.92 Å². The van der Waals surface area contributed by atoms with Gasteiger partial charge >= 0.3 is 0 Å². The number of hydrogen-bond acceptors (Lipinski definition) is 1. The van der Waals surface area contributed by atoms with Crippen LogP contribution in [0.15, 0.2) is 54.9 Å². The van der Waals surface area contributed by atoms with Crippen molar-refractivity contribution in [1.82, 2.24) is 9.88 Å². The summed E-state index contributed by atoms with van der Waals surface area (Å²) in [6, 6.07) is 14.4. The molecule has 3 nitrogen and oxygen atoms in total. The van der Waals surface area contributed by atoms with E-state index in [-0.39, 0.29) is 11.9 Å². The molecule has 0 radical (unpaired) electrons. The second-order valence-electron chi connectivity index (χ2n) is 6.71. The number of rotatable bonds is 5. The lowest BCUT2D eigenvalue weighted by atomic mass is 9.85. The van der Waals surface area contributed by atoms with Gasteiger partial charge in [0.1, 0.15) is 6.04 Å². The first-order chi connectivity index (χ1) is 11.2. The van der Waals surface area contributed by atoms with Crippen LogP contribution < -0.4 is 5.32 Å². The van der Waals surface area contributed by atoms with Gasteiger partial charge in [-0.3, -0.25) is 4.79 Å². The van der Waals surface area contributed by atoms with E-state index in [4.69, 9.17) is 0 Å². The molecular weight excluding hydrogens is 284 g/mol. The van der Waals surface area contributed by atoms with Crippen LogP contribution in [-0.4, -0.2) is 16.5 Å². The van der Waals surface area contributed by atoms with Gasteiger partial charge in [0.15, 0.2) is 0 Å². The van der Waals surface area contributed by atoms with Crippen molar-refractivity contribution < 1.29 is 4.79 Å². The van der Waals surface area contributed by atoms with E-state index in [0.717, 1.165) is 12.8 Å². The first kappa shape index (κ1) is 15.9. The SMILES string of the molecule is CC1CCCCC1NC(=O)C(Cc1ccccc1)n1cccc1. The molecule has 1 fully saturated rings. The number of aromatic nitrogens is 1. The molecular formula is C20H26N2O. The van der Waals surface area contributed by atoms with Crippen LogP contribution in [0.25, 0.3) is 0 Å². The number of benzene rings is 1. The molecule has 3 rings (SSSR count). The largest absolute Gasteiger partial charge is 0.351 e. The average molecular weight is 310 g/mol. The van der Waals surface area contributed by atoms with Crippen molar-refractivity contribution in [2.24, 2.45) is 5.92 Å². The summed E-state index contributed by atoms with van der Waals surface area (Å²) in [7, 11) is 0. The number of carbonyl (C=O) groups excluding carboxylic acids is 1. The van der Waals surface area contributed by atoms with E-state index < -0.39 is 0 Å². The van der Waals surface area contributed by atoms with Crippen LogP contribution in [-0.2, 0) is 11.2 Å². The number of hydrogen-bond donors (Lipinski definition) is 1. The summed E-state index contributed by atoms with van der Waals surface area (Å²) in [5, 5.41) is 3.32. The van der Waals surface area contributed by atoms with E-state index in [1.807, 2.05) is 47.3 Å². The van der Waals surface area contributed by atoms with E-state index in [9.17, 15) is 4.79 Å². The summed E-state index contributed by atoms with van der Waals surface area (Å²) in [5.74, 6) is 0.721. The molecule has 3 unspecified atom stereocenters. The van der Waals surface area contributed by atoms with E-state index in [2.05, 4.69) is 24.4 Å². The molecule has 23 heavy (non-hydrogen) atoms. The third-order valence-corrected chi connectivity index (χ3v) is 5.00. The van der Waals surface area contributed by atoms with Crippen molar-refractivity contribution in [1.29, 1.82) is 0 Å².